The molecule has 1 saturated carbocycles. The molecule has 0 aromatic carbocycles. The lowest BCUT2D eigenvalue weighted by atomic mass is 9.76. The van der Waals surface area contributed by atoms with E-state index >= 15 is 0 Å². The molecule has 18 heavy (non-hydrogen) atoms. The molecule has 98 valence electrons. The molecule has 2 rings (SSSR count). The third-order valence-electron chi connectivity index (χ3n) is 3.76. The van der Waals surface area contributed by atoms with Crippen molar-refractivity contribution in [3.05, 3.63) is 23.9 Å². The van der Waals surface area contributed by atoms with Crippen molar-refractivity contribution in [3.63, 3.8) is 0 Å². The second-order valence-corrected chi connectivity index (χ2v) is 5.46. The molecule has 0 saturated heterocycles. The van der Waals surface area contributed by atoms with Crippen molar-refractivity contribution in [3.8, 4) is 0 Å². The molecule has 0 bridgehead atoms. The molecule has 0 unspecified atom stereocenters. The van der Waals surface area contributed by atoms with Crippen molar-refractivity contribution in [1.29, 1.82) is 0 Å². The fourth-order valence-corrected chi connectivity index (χ4v) is 2.55. The number of carboxylic acid groups (broad SMARTS) is 1. The summed E-state index contributed by atoms with van der Waals surface area (Å²) < 4.78 is 0. The van der Waals surface area contributed by atoms with Gasteiger partial charge in [-0.15, -0.1) is 0 Å². The second kappa shape index (κ2) is 5.38. The van der Waals surface area contributed by atoms with E-state index in [2.05, 4.69) is 17.2 Å². The Kier molecular flexibility index (Phi) is 3.84. The van der Waals surface area contributed by atoms with E-state index in [4.69, 9.17) is 5.11 Å². The number of nitrogens with zero attached hydrogens (tertiary/aromatic N) is 1. The average molecular weight is 248 g/mol. The van der Waals surface area contributed by atoms with E-state index in [0.29, 0.717) is 11.2 Å². The van der Waals surface area contributed by atoms with Gasteiger partial charge in [-0.05, 0) is 30.4 Å². The van der Waals surface area contributed by atoms with E-state index in [1.807, 2.05) is 0 Å². The summed E-state index contributed by atoms with van der Waals surface area (Å²) in [5.74, 6) is -0.258. The fraction of sp³-hybridized carbons (Fsp3) is 0.571. The molecule has 1 aliphatic rings. The van der Waals surface area contributed by atoms with Gasteiger partial charge in [0.25, 0.3) is 0 Å². The fourth-order valence-electron chi connectivity index (χ4n) is 2.55. The highest BCUT2D eigenvalue weighted by Gasteiger charge is 2.26. The summed E-state index contributed by atoms with van der Waals surface area (Å²) in [6.07, 6.45) is 7.93. The van der Waals surface area contributed by atoms with Gasteiger partial charge in [0, 0.05) is 12.7 Å². The van der Waals surface area contributed by atoms with Gasteiger partial charge in [0.15, 0.2) is 0 Å². The van der Waals surface area contributed by atoms with E-state index in [1.54, 1.807) is 6.07 Å². The van der Waals surface area contributed by atoms with Gasteiger partial charge >= 0.3 is 5.97 Å². The first kappa shape index (κ1) is 12.9. The van der Waals surface area contributed by atoms with Crippen LogP contribution in [0.2, 0.25) is 0 Å². The molecule has 0 aliphatic heterocycles. The maximum atomic E-state index is 10.9. The Bertz CT molecular complexity index is 426. The van der Waals surface area contributed by atoms with Crippen LogP contribution in [-0.4, -0.2) is 22.6 Å². The largest absolute Gasteiger partial charge is 0.478 e. The van der Waals surface area contributed by atoms with Crippen LogP contribution in [0.4, 0.5) is 5.82 Å². The zero-order chi connectivity index (χ0) is 13.0. The monoisotopic (exact) mass is 248 g/mol. The van der Waals surface area contributed by atoms with Crippen LogP contribution in [0.3, 0.4) is 0 Å². The van der Waals surface area contributed by atoms with Gasteiger partial charge in [-0.3, -0.25) is 0 Å². The predicted octanol–water partition coefficient (Wildman–Crippen LogP) is 3.16. The van der Waals surface area contributed by atoms with Gasteiger partial charge in [-0.25, -0.2) is 9.78 Å². The molecule has 0 radical (unpaired) electrons. The SMILES string of the molecule is CC1(CNc2cc(C(=O)O)ccn2)CCCCC1. The molecule has 1 aliphatic carbocycles. The number of hydrogen-bond acceptors (Lipinski definition) is 3. The Hall–Kier alpha value is -1.58. The maximum Gasteiger partial charge on any atom is 0.335 e. The van der Waals surface area contributed by atoms with Crippen LogP contribution < -0.4 is 5.32 Å². The van der Waals surface area contributed by atoms with Gasteiger partial charge in [0.1, 0.15) is 5.82 Å². The number of rotatable bonds is 4. The molecule has 0 atom stereocenters. The predicted molar refractivity (Wildman–Crippen MR) is 70.9 cm³/mol. The third-order valence-corrected chi connectivity index (χ3v) is 3.76. The standard InChI is InChI=1S/C14H20N2O2/c1-14(6-3-2-4-7-14)10-16-12-9-11(13(17)18)5-8-15-12/h5,8-9H,2-4,6-7,10H2,1H3,(H,15,16)(H,17,18). The molecule has 1 fully saturated rings. The van der Waals surface area contributed by atoms with Crippen molar-refractivity contribution in [2.45, 2.75) is 39.0 Å². The molecule has 2 N–H and O–H groups in total. The summed E-state index contributed by atoms with van der Waals surface area (Å²) in [4.78, 5) is 15.0. The lowest BCUT2D eigenvalue weighted by Gasteiger charge is -2.33. The maximum absolute atomic E-state index is 10.9. The van der Waals surface area contributed by atoms with Gasteiger partial charge < -0.3 is 10.4 Å². The third kappa shape index (κ3) is 3.22. The van der Waals surface area contributed by atoms with Crippen molar-refractivity contribution in [2.24, 2.45) is 5.41 Å². The van der Waals surface area contributed by atoms with E-state index in [0.717, 1.165) is 6.54 Å². The Morgan fingerprint density at radius 3 is 2.83 bits per heavy atom. The van der Waals surface area contributed by atoms with Crippen molar-refractivity contribution < 1.29 is 9.90 Å². The number of pyridine rings is 1. The average Bonchev–Trinajstić information content (AvgIpc) is 2.38. The number of hydrogen-bond donors (Lipinski definition) is 2. The van der Waals surface area contributed by atoms with Crippen molar-refractivity contribution in [2.75, 3.05) is 11.9 Å². The lowest BCUT2D eigenvalue weighted by molar-refractivity contribution is 0.0697. The smallest absolute Gasteiger partial charge is 0.335 e. The number of carboxylic acids is 1. The van der Waals surface area contributed by atoms with Crippen LogP contribution in [-0.2, 0) is 0 Å². The quantitative estimate of drug-likeness (QED) is 0.859. The highest BCUT2D eigenvalue weighted by molar-refractivity contribution is 5.88. The summed E-state index contributed by atoms with van der Waals surface area (Å²) in [6, 6.07) is 3.10. The number of carbonyl (C=O) groups is 1. The van der Waals surface area contributed by atoms with Gasteiger partial charge in [0.2, 0.25) is 0 Å². The van der Waals surface area contributed by atoms with Crippen molar-refractivity contribution >= 4 is 11.8 Å². The van der Waals surface area contributed by atoms with Crippen LogP contribution in [0.25, 0.3) is 0 Å². The molecule has 4 nitrogen and oxygen atoms in total. The zero-order valence-electron chi connectivity index (χ0n) is 10.8. The Balaban J connectivity index is 1.97. The van der Waals surface area contributed by atoms with E-state index in [1.165, 1.54) is 44.4 Å². The number of aromatic carboxylic acids is 1. The molecular weight excluding hydrogens is 228 g/mol. The molecule has 1 heterocycles. The molecule has 1 aromatic rings. The van der Waals surface area contributed by atoms with Gasteiger partial charge in [-0.2, -0.15) is 0 Å². The van der Waals surface area contributed by atoms with Crippen LogP contribution in [0, 0.1) is 5.41 Å². The summed E-state index contributed by atoms with van der Waals surface area (Å²) in [5, 5.41) is 12.2. The van der Waals surface area contributed by atoms with Crippen LogP contribution in [0.1, 0.15) is 49.4 Å². The second-order valence-electron chi connectivity index (χ2n) is 5.46. The number of anilines is 1. The Labute approximate surface area is 107 Å². The topological polar surface area (TPSA) is 62.2 Å². The van der Waals surface area contributed by atoms with E-state index in [-0.39, 0.29) is 5.56 Å². The summed E-state index contributed by atoms with van der Waals surface area (Å²) in [7, 11) is 0. The van der Waals surface area contributed by atoms with Crippen LogP contribution in [0.15, 0.2) is 18.3 Å². The first-order valence-corrected chi connectivity index (χ1v) is 6.52. The minimum atomic E-state index is -0.913. The van der Waals surface area contributed by atoms with E-state index < -0.39 is 5.97 Å². The normalized spacial score (nSPS) is 18.3. The first-order chi connectivity index (χ1) is 8.59. The van der Waals surface area contributed by atoms with Gasteiger partial charge in [0.05, 0.1) is 5.56 Å². The molecular formula is C14H20N2O2. The highest BCUT2D eigenvalue weighted by atomic mass is 16.4. The molecule has 0 amide bonds. The minimum Gasteiger partial charge on any atom is -0.478 e. The Morgan fingerprint density at radius 2 is 2.17 bits per heavy atom. The Morgan fingerprint density at radius 1 is 1.44 bits per heavy atom. The van der Waals surface area contributed by atoms with Crippen LogP contribution >= 0.6 is 0 Å². The molecule has 0 spiro atoms. The van der Waals surface area contributed by atoms with E-state index in [9.17, 15) is 4.79 Å². The number of aromatic nitrogens is 1. The minimum absolute atomic E-state index is 0.279. The first-order valence-electron chi connectivity index (χ1n) is 6.52. The molecule has 1 aromatic heterocycles. The van der Waals surface area contributed by atoms with Gasteiger partial charge in [-0.1, -0.05) is 26.2 Å². The summed E-state index contributed by atoms with van der Waals surface area (Å²) in [6.45, 7) is 3.16. The number of nitrogens with one attached hydrogen (secondary N) is 1. The lowest BCUT2D eigenvalue weighted by Crippen LogP contribution is -2.29. The molecule has 4 heteroatoms. The summed E-state index contributed by atoms with van der Waals surface area (Å²) >= 11 is 0. The zero-order valence-corrected chi connectivity index (χ0v) is 10.8. The van der Waals surface area contributed by atoms with Crippen LogP contribution in [0.5, 0.6) is 0 Å². The summed E-state index contributed by atoms with van der Waals surface area (Å²) in [5.41, 5.74) is 0.598. The van der Waals surface area contributed by atoms with Crippen molar-refractivity contribution in [1.82, 2.24) is 4.98 Å². The highest BCUT2D eigenvalue weighted by Crippen LogP contribution is 2.35.